The average Bonchev–Trinajstić information content (AvgIpc) is 2.70. The number of likely N-dealkylation sites (tertiary alicyclic amines) is 1. The summed E-state index contributed by atoms with van der Waals surface area (Å²) < 4.78 is 0. The van der Waals surface area contributed by atoms with Gasteiger partial charge in [-0.1, -0.05) is 49.6 Å². The van der Waals surface area contributed by atoms with Gasteiger partial charge in [-0.25, -0.2) is 9.59 Å². The largest absolute Gasteiger partial charge is 0.338 e. The van der Waals surface area contributed by atoms with Crippen molar-refractivity contribution in [2.24, 2.45) is 0 Å². The first-order valence-electron chi connectivity index (χ1n) is 10.3. The SMILES string of the molecule is O=C(NC1CCCCC1)NC1CCN(C(=O)NCCc2ccccc2)CC1. The van der Waals surface area contributed by atoms with Gasteiger partial charge in [0.15, 0.2) is 0 Å². The smallest absolute Gasteiger partial charge is 0.317 e. The van der Waals surface area contributed by atoms with Gasteiger partial charge in [0.25, 0.3) is 0 Å². The van der Waals surface area contributed by atoms with Crippen LogP contribution in [0.15, 0.2) is 30.3 Å². The molecule has 3 rings (SSSR count). The zero-order chi connectivity index (χ0) is 18.9. The van der Waals surface area contributed by atoms with Crippen LogP contribution in [0.1, 0.15) is 50.5 Å². The van der Waals surface area contributed by atoms with Crippen LogP contribution in [0.3, 0.4) is 0 Å². The number of nitrogens with one attached hydrogen (secondary N) is 3. The number of amides is 4. The third kappa shape index (κ3) is 6.45. The summed E-state index contributed by atoms with van der Waals surface area (Å²) in [6.45, 7) is 2.02. The van der Waals surface area contributed by atoms with E-state index in [1.54, 1.807) is 0 Å². The number of rotatable bonds is 5. The Kier molecular flexibility index (Phi) is 7.36. The second-order valence-electron chi connectivity index (χ2n) is 7.68. The zero-order valence-electron chi connectivity index (χ0n) is 16.1. The van der Waals surface area contributed by atoms with Crippen LogP contribution in [0.5, 0.6) is 0 Å². The van der Waals surface area contributed by atoms with Crippen LogP contribution in [0.4, 0.5) is 9.59 Å². The van der Waals surface area contributed by atoms with Gasteiger partial charge in [0, 0.05) is 31.7 Å². The molecule has 2 aliphatic rings. The standard InChI is InChI=1S/C21H32N4O2/c26-20(23-18-9-5-2-6-10-18)24-19-12-15-25(16-13-19)21(27)22-14-11-17-7-3-1-4-8-17/h1,3-4,7-8,18-19H,2,5-6,9-16H2,(H,22,27)(H2,23,24,26). The summed E-state index contributed by atoms with van der Waals surface area (Å²) in [7, 11) is 0. The quantitative estimate of drug-likeness (QED) is 0.743. The van der Waals surface area contributed by atoms with Crippen molar-refractivity contribution in [3.8, 4) is 0 Å². The summed E-state index contributed by atoms with van der Waals surface area (Å²) in [5.41, 5.74) is 1.23. The third-order valence-corrected chi connectivity index (χ3v) is 5.59. The van der Waals surface area contributed by atoms with E-state index in [9.17, 15) is 9.59 Å². The summed E-state index contributed by atoms with van der Waals surface area (Å²) in [5, 5.41) is 9.18. The molecule has 0 atom stereocenters. The van der Waals surface area contributed by atoms with Crippen LogP contribution in [0, 0.1) is 0 Å². The van der Waals surface area contributed by atoms with E-state index in [1.165, 1.54) is 24.8 Å². The van der Waals surface area contributed by atoms with Crippen molar-refractivity contribution in [1.82, 2.24) is 20.9 Å². The summed E-state index contributed by atoms with van der Waals surface area (Å²) >= 11 is 0. The second kappa shape index (κ2) is 10.2. The number of benzene rings is 1. The minimum absolute atomic E-state index is 0.00367. The van der Waals surface area contributed by atoms with Crippen molar-refractivity contribution >= 4 is 12.1 Å². The Morgan fingerprint density at radius 3 is 2.19 bits per heavy atom. The molecule has 1 heterocycles. The van der Waals surface area contributed by atoms with Crippen LogP contribution in [0.25, 0.3) is 0 Å². The Labute approximate surface area is 162 Å². The molecule has 6 nitrogen and oxygen atoms in total. The van der Waals surface area contributed by atoms with Crippen molar-refractivity contribution in [3.63, 3.8) is 0 Å². The molecule has 3 N–H and O–H groups in total. The Morgan fingerprint density at radius 1 is 0.889 bits per heavy atom. The van der Waals surface area contributed by atoms with Gasteiger partial charge in [-0.2, -0.15) is 0 Å². The Morgan fingerprint density at radius 2 is 1.52 bits per heavy atom. The molecule has 0 aromatic heterocycles. The highest BCUT2D eigenvalue weighted by atomic mass is 16.2. The predicted octanol–water partition coefficient (Wildman–Crippen LogP) is 3.04. The zero-order valence-corrected chi connectivity index (χ0v) is 16.1. The van der Waals surface area contributed by atoms with Crippen molar-refractivity contribution < 1.29 is 9.59 Å². The molecular weight excluding hydrogens is 340 g/mol. The van der Waals surface area contributed by atoms with E-state index in [2.05, 4.69) is 28.1 Å². The lowest BCUT2D eigenvalue weighted by Gasteiger charge is -2.33. The maximum atomic E-state index is 12.3. The molecule has 1 aliphatic carbocycles. The van der Waals surface area contributed by atoms with Gasteiger partial charge < -0.3 is 20.9 Å². The summed E-state index contributed by atoms with van der Waals surface area (Å²) in [6.07, 6.45) is 8.35. The number of hydrogen-bond acceptors (Lipinski definition) is 2. The first kappa shape index (κ1) is 19.5. The van der Waals surface area contributed by atoms with Crippen molar-refractivity contribution in [2.45, 2.75) is 63.5 Å². The molecule has 6 heteroatoms. The number of hydrogen-bond donors (Lipinski definition) is 3. The van der Waals surface area contributed by atoms with Gasteiger partial charge in [0.1, 0.15) is 0 Å². The minimum Gasteiger partial charge on any atom is -0.338 e. The number of urea groups is 2. The number of piperidine rings is 1. The highest BCUT2D eigenvalue weighted by Gasteiger charge is 2.24. The molecule has 1 aliphatic heterocycles. The molecule has 0 unspecified atom stereocenters. The van der Waals surface area contributed by atoms with E-state index in [0.29, 0.717) is 25.7 Å². The molecule has 1 saturated heterocycles. The highest BCUT2D eigenvalue weighted by molar-refractivity contribution is 5.75. The molecule has 4 amide bonds. The maximum absolute atomic E-state index is 12.3. The van der Waals surface area contributed by atoms with Gasteiger partial charge in [-0.15, -0.1) is 0 Å². The fourth-order valence-corrected chi connectivity index (χ4v) is 3.96. The molecule has 2 fully saturated rings. The number of carbonyl (C=O) groups excluding carboxylic acids is 2. The van der Waals surface area contributed by atoms with Gasteiger partial charge in [-0.3, -0.25) is 0 Å². The Balaban J connectivity index is 1.30. The van der Waals surface area contributed by atoms with Gasteiger partial charge in [0.05, 0.1) is 0 Å². The van der Waals surface area contributed by atoms with Crippen LogP contribution in [0.2, 0.25) is 0 Å². The number of nitrogens with zero attached hydrogens (tertiary/aromatic N) is 1. The van der Waals surface area contributed by atoms with E-state index < -0.39 is 0 Å². The summed E-state index contributed by atoms with van der Waals surface area (Å²) in [6, 6.07) is 10.6. The highest BCUT2D eigenvalue weighted by Crippen LogP contribution is 2.17. The summed E-state index contributed by atoms with van der Waals surface area (Å²) in [4.78, 5) is 26.3. The molecule has 0 radical (unpaired) electrons. The van der Waals surface area contributed by atoms with Crippen molar-refractivity contribution in [3.05, 3.63) is 35.9 Å². The van der Waals surface area contributed by atoms with Crippen molar-refractivity contribution in [1.29, 1.82) is 0 Å². The van der Waals surface area contributed by atoms with Crippen LogP contribution >= 0.6 is 0 Å². The first-order valence-corrected chi connectivity index (χ1v) is 10.3. The lowest BCUT2D eigenvalue weighted by molar-refractivity contribution is 0.175. The van der Waals surface area contributed by atoms with Gasteiger partial charge in [-0.05, 0) is 37.7 Å². The molecule has 148 valence electrons. The van der Waals surface area contributed by atoms with E-state index in [0.717, 1.165) is 32.1 Å². The molecule has 27 heavy (non-hydrogen) atoms. The minimum atomic E-state index is -0.0485. The lowest BCUT2D eigenvalue weighted by atomic mass is 9.96. The first-order chi connectivity index (χ1) is 13.2. The van der Waals surface area contributed by atoms with E-state index in [1.807, 2.05) is 23.1 Å². The van der Waals surface area contributed by atoms with Gasteiger partial charge >= 0.3 is 12.1 Å². The molecule has 1 aromatic carbocycles. The molecule has 0 spiro atoms. The van der Waals surface area contributed by atoms with Crippen LogP contribution < -0.4 is 16.0 Å². The fraction of sp³-hybridized carbons (Fsp3) is 0.619. The maximum Gasteiger partial charge on any atom is 0.317 e. The Bertz CT molecular complexity index is 593. The van der Waals surface area contributed by atoms with Crippen LogP contribution in [-0.2, 0) is 6.42 Å². The summed E-state index contributed by atoms with van der Waals surface area (Å²) in [5.74, 6) is 0. The molecule has 1 saturated carbocycles. The van der Waals surface area contributed by atoms with E-state index >= 15 is 0 Å². The molecular formula is C21H32N4O2. The van der Waals surface area contributed by atoms with Crippen LogP contribution in [-0.4, -0.2) is 48.7 Å². The topological polar surface area (TPSA) is 73.5 Å². The number of carbonyl (C=O) groups is 2. The Hall–Kier alpha value is -2.24. The molecule has 1 aromatic rings. The third-order valence-electron chi connectivity index (χ3n) is 5.59. The monoisotopic (exact) mass is 372 g/mol. The van der Waals surface area contributed by atoms with Gasteiger partial charge in [0.2, 0.25) is 0 Å². The predicted molar refractivity (Wildman–Crippen MR) is 107 cm³/mol. The lowest BCUT2D eigenvalue weighted by Crippen LogP contribution is -2.52. The fourth-order valence-electron chi connectivity index (χ4n) is 3.96. The average molecular weight is 373 g/mol. The van der Waals surface area contributed by atoms with E-state index in [4.69, 9.17) is 0 Å². The van der Waals surface area contributed by atoms with E-state index in [-0.39, 0.29) is 18.1 Å². The molecule has 0 bridgehead atoms. The second-order valence-corrected chi connectivity index (χ2v) is 7.68. The normalized spacial score (nSPS) is 18.7. The van der Waals surface area contributed by atoms with Crippen molar-refractivity contribution in [2.75, 3.05) is 19.6 Å².